The number of halogens is 1. The van der Waals surface area contributed by atoms with Crippen LogP contribution in [0.3, 0.4) is 0 Å². The van der Waals surface area contributed by atoms with Crippen LogP contribution in [0.25, 0.3) is 21.7 Å². The minimum Gasteiger partial charge on any atom is -0.464 e. The summed E-state index contributed by atoms with van der Waals surface area (Å²) in [5.74, 6) is -1.03. The Morgan fingerprint density at radius 2 is 1.68 bits per heavy atom. The number of fused-ring (bicyclic) bond motifs is 2. The molecule has 0 spiro atoms. The lowest BCUT2D eigenvalue weighted by Crippen LogP contribution is -2.58. The highest BCUT2D eigenvalue weighted by Crippen LogP contribution is 2.25. The van der Waals surface area contributed by atoms with Crippen LogP contribution in [-0.2, 0) is 6.42 Å². The molecule has 3 aromatic carbocycles. The number of furan rings is 1. The number of aromatic nitrogens is 2. The Kier molecular flexibility index (Phi) is 6.96. The second kappa shape index (κ2) is 10.7. The number of piperazine rings is 1. The molecule has 8 nitrogen and oxygen atoms in total. The highest BCUT2D eigenvalue weighted by atomic mass is 19.1. The van der Waals surface area contributed by atoms with Gasteiger partial charge >= 0.3 is 0 Å². The van der Waals surface area contributed by atoms with Gasteiger partial charge in [-0.1, -0.05) is 42.5 Å². The van der Waals surface area contributed by atoms with Crippen LogP contribution in [-0.4, -0.2) is 63.4 Å². The minimum absolute atomic E-state index is 0.00956. The number of para-hydroxylation sites is 1. The number of nitrogens with zero attached hydrogens (tertiary/aromatic N) is 3. The van der Waals surface area contributed by atoms with E-state index >= 15 is 4.39 Å². The number of benzene rings is 3. The van der Waals surface area contributed by atoms with Crippen molar-refractivity contribution < 1.29 is 18.4 Å². The molecule has 0 radical (unpaired) electrons. The second-order valence-electron chi connectivity index (χ2n) is 10.7. The molecule has 2 atom stereocenters. The Bertz CT molecular complexity index is 1840. The van der Waals surface area contributed by atoms with Crippen LogP contribution in [0, 0.1) is 5.82 Å². The fourth-order valence-electron chi connectivity index (χ4n) is 5.67. The van der Waals surface area contributed by atoms with Crippen molar-refractivity contribution in [3.8, 4) is 0 Å². The third-order valence-corrected chi connectivity index (χ3v) is 7.91. The van der Waals surface area contributed by atoms with E-state index in [1.165, 1.54) is 12.3 Å². The van der Waals surface area contributed by atoms with Gasteiger partial charge in [-0.25, -0.2) is 9.49 Å². The molecule has 1 aliphatic heterocycles. The summed E-state index contributed by atoms with van der Waals surface area (Å²) in [6.45, 7) is 4.90. The summed E-state index contributed by atoms with van der Waals surface area (Å²) in [7, 11) is 0. The molecule has 1 N–H and O–H groups in total. The van der Waals surface area contributed by atoms with E-state index in [-0.39, 0.29) is 35.5 Å². The Hall–Kier alpha value is -4.63. The van der Waals surface area contributed by atoms with Gasteiger partial charge in [-0.05, 0) is 43.7 Å². The molecular weight excluding hydrogens is 523 g/mol. The summed E-state index contributed by atoms with van der Waals surface area (Å²) < 4.78 is 20.5. The van der Waals surface area contributed by atoms with E-state index in [0.717, 1.165) is 5.39 Å². The molecule has 208 valence electrons. The molecule has 6 rings (SSSR count). The van der Waals surface area contributed by atoms with Crippen LogP contribution in [0.15, 0.2) is 82.2 Å². The Balaban J connectivity index is 1.18. The molecule has 0 aliphatic carbocycles. The average molecular weight is 553 g/mol. The number of carbonyl (C=O) groups excluding carboxylic acids is 2. The van der Waals surface area contributed by atoms with Gasteiger partial charge in [0.15, 0.2) is 5.78 Å². The van der Waals surface area contributed by atoms with E-state index in [0.29, 0.717) is 52.7 Å². The van der Waals surface area contributed by atoms with Crippen molar-refractivity contribution in [1.82, 2.24) is 20.0 Å². The number of amides is 1. The lowest BCUT2D eigenvalue weighted by Gasteiger charge is -2.44. The van der Waals surface area contributed by atoms with Crippen LogP contribution >= 0.6 is 0 Å². The summed E-state index contributed by atoms with van der Waals surface area (Å²) >= 11 is 0. The van der Waals surface area contributed by atoms with Crippen molar-refractivity contribution in [2.45, 2.75) is 32.4 Å². The second-order valence-corrected chi connectivity index (χ2v) is 10.7. The molecular formula is C32H29FN4O4. The maximum absolute atomic E-state index is 15.0. The topological polar surface area (TPSA) is 99.5 Å². The number of H-pyrrole nitrogens is 1. The van der Waals surface area contributed by atoms with Crippen LogP contribution in [0.1, 0.15) is 45.8 Å². The zero-order valence-corrected chi connectivity index (χ0v) is 22.8. The third-order valence-electron chi connectivity index (χ3n) is 7.91. The molecule has 0 saturated carbocycles. The van der Waals surface area contributed by atoms with Gasteiger partial charge < -0.3 is 9.32 Å². The first-order valence-corrected chi connectivity index (χ1v) is 13.6. The van der Waals surface area contributed by atoms with Crippen molar-refractivity contribution >= 4 is 33.4 Å². The lowest BCUT2D eigenvalue weighted by atomic mass is 10.0. The van der Waals surface area contributed by atoms with Gasteiger partial charge in [0.1, 0.15) is 17.7 Å². The largest absolute Gasteiger partial charge is 0.464 e. The molecule has 9 heteroatoms. The van der Waals surface area contributed by atoms with E-state index in [1.54, 1.807) is 29.2 Å². The number of Topliss-reactive ketones (excluding diaryl/α,β-unsaturated/α-hetero) is 1. The predicted molar refractivity (Wildman–Crippen MR) is 154 cm³/mol. The van der Waals surface area contributed by atoms with Crippen molar-refractivity contribution in [2.24, 2.45) is 0 Å². The number of hydrogen-bond acceptors (Lipinski definition) is 6. The van der Waals surface area contributed by atoms with E-state index in [1.807, 2.05) is 50.2 Å². The first-order valence-electron chi connectivity index (χ1n) is 13.6. The Morgan fingerprint density at radius 1 is 0.951 bits per heavy atom. The zero-order valence-electron chi connectivity index (χ0n) is 22.8. The standard InChI is InChI=1S/C32H29FN4O4/c1-19-16-37(20(2)15-36(19)17-29(38)26-18-41-30-10-6-5-8-23(26)30)32(40)25-13-21(11-12-27(25)33)14-28-22-7-3-4-9-24(22)31(39)35-34-28/h3-13,18-20H,14-17H2,1-2H3,(H,35,39). The van der Waals surface area contributed by atoms with Crippen LogP contribution < -0.4 is 5.56 Å². The number of carbonyl (C=O) groups is 2. The summed E-state index contributed by atoms with van der Waals surface area (Å²) in [6.07, 6.45) is 1.82. The van der Waals surface area contributed by atoms with E-state index in [2.05, 4.69) is 15.1 Å². The highest BCUT2D eigenvalue weighted by molar-refractivity contribution is 6.08. The lowest BCUT2D eigenvalue weighted by molar-refractivity contribution is 0.0316. The SMILES string of the molecule is CC1CN(C(=O)c2cc(Cc3n[nH]c(=O)c4ccccc34)ccc2F)C(C)CN1CC(=O)c1coc2ccccc12. The molecule has 3 heterocycles. The molecule has 1 aliphatic rings. The van der Waals surface area contributed by atoms with Gasteiger partial charge in [0, 0.05) is 42.4 Å². The molecule has 1 fully saturated rings. The van der Waals surface area contributed by atoms with Crippen molar-refractivity contribution in [3.05, 3.63) is 112 Å². The van der Waals surface area contributed by atoms with E-state index in [4.69, 9.17) is 4.42 Å². The monoisotopic (exact) mass is 552 g/mol. The van der Waals surface area contributed by atoms with E-state index < -0.39 is 11.7 Å². The van der Waals surface area contributed by atoms with E-state index in [9.17, 15) is 14.4 Å². The molecule has 5 aromatic rings. The van der Waals surface area contributed by atoms with Gasteiger partial charge in [0.25, 0.3) is 11.5 Å². The number of ketones is 1. The van der Waals surface area contributed by atoms with Crippen LogP contribution in [0.5, 0.6) is 0 Å². The number of nitrogens with one attached hydrogen (secondary N) is 1. The first kappa shape index (κ1) is 26.6. The van der Waals surface area contributed by atoms with Gasteiger partial charge in [-0.3, -0.25) is 19.3 Å². The average Bonchev–Trinajstić information content (AvgIpc) is 3.41. The fourth-order valence-corrected chi connectivity index (χ4v) is 5.67. The zero-order chi connectivity index (χ0) is 28.7. The molecule has 2 aromatic heterocycles. The maximum Gasteiger partial charge on any atom is 0.272 e. The normalized spacial score (nSPS) is 17.8. The Morgan fingerprint density at radius 3 is 2.49 bits per heavy atom. The van der Waals surface area contributed by atoms with Gasteiger partial charge in [-0.15, -0.1) is 0 Å². The van der Waals surface area contributed by atoms with Crippen molar-refractivity contribution in [2.75, 3.05) is 19.6 Å². The highest BCUT2D eigenvalue weighted by Gasteiger charge is 2.34. The van der Waals surface area contributed by atoms with Crippen LogP contribution in [0.4, 0.5) is 4.39 Å². The van der Waals surface area contributed by atoms with Gasteiger partial charge in [-0.2, -0.15) is 5.10 Å². The molecule has 2 unspecified atom stereocenters. The maximum atomic E-state index is 15.0. The molecule has 1 amide bonds. The molecule has 41 heavy (non-hydrogen) atoms. The third kappa shape index (κ3) is 5.04. The smallest absolute Gasteiger partial charge is 0.272 e. The predicted octanol–water partition coefficient (Wildman–Crippen LogP) is 4.82. The minimum atomic E-state index is -0.595. The number of hydrogen-bond donors (Lipinski definition) is 1. The van der Waals surface area contributed by atoms with Crippen molar-refractivity contribution in [1.29, 1.82) is 0 Å². The molecule has 1 saturated heterocycles. The summed E-state index contributed by atoms with van der Waals surface area (Å²) in [5, 5.41) is 8.75. The van der Waals surface area contributed by atoms with Crippen LogP contribution in [0.2, 0.25) is 0 Å². The quantitative estimate of drug-likeness (QED) is 0.304. The summed E-state index contributed by atoms with van der Waals surface area (Å²) in [4.78, 5) is 42.7. The molecule has 0 bridgehead atoms. The first-order chi connectivity index (χ1) is 19.8. The van der Waals surface area contributed by atoms with Crippen molar-refractivity contribution in [3.63, 3.8) is 0 Å². The fraction of sp³-hybridized carbons (Fsp3) is 0.250. The number of rotatable bonds is 6. The number of aromatic amines is 1. The Labute approximate surface area is 235 Å². The summed E-state index contributed by atoms with van der Waals surface area (Å²) in [5.41, 5.74) is 2.27. The van der Waals surface area contributed by atoms with Gasteiger partial charge in [0.2, 0.25) is 0 Å². The summed E-state index contributed by atoms with van der Waals surface area (Å²) in [6, 6.07) is 18.7. The van der Waals surface area contributed by atoms with Gasteiger partial charge in [0.05, 0.1) is 28.8 Å².